The molecule has 0 saturated carbocycles. The SMILES string of the molecule is CCCN(CCC)S(=O)(=O)c1cc(C(=O)N[C@@H](C)c2ccccc2)ccc1Cl. The second-order valence-corrected chi connectivity index (χ2v) is 8.97. The maximum atomic E-state index is 13.1. The summed E-state index contributed by atoms with van der Waals surface area (Å²) in [5, 5.41) is 3.02. The normalized spacial score (nSPS) is 12.8. The Kier molecular flexibility index (Phi) is 8.04. The zero-order valence-corrected chi connectivity index (χ0v) is 18.1. The fraction of sp³-hybridized carbons (Fsp3) is 0.381. The van der Waals surface area contributed by atoms with E-state index in [-0.39, 0.29) is 27.4 Å². The quantitative estimate of drug-likeness (QED) is 0.640. The van der Waals surface area contributed by atoms with Crippen molar-refractivity contribution in [1.82, 2.24) is 9.62 Å². The molecule has 0 fully saturated rings. The van der Waals surface area contributed by atoms with Gasteiger partial charge in [-0.25, -0.2) is 8.42 Å². The molecule has 2 aromatic rings. The number of nitrogens with zero attached hydrogens (tertiary/aromatic N) is 1. The minimum Gasteiger partial charge on any atom is -0.346 e. The first-order valence-corrected chi connectivity index (χ1v) is 11.3. The number of amides is 1. The van der Waals surface area contributed by atoms with Crippen molar-refractivity contribution in [2.24, 2.45) is 0 Å². The minimum atomic E-state index is -3.77. The van der Waals surface area contributed by atoms with Gasteiger partial charge in [-0.2, -0.15) is 4.31 Å². The molecule has 0 saturated heterocycles. The molecule has 5 nitrogen and oxygen atoms in total. The second kappa shape index (κ2) is 10.0. The van der Waals surface area contributed by atoms with E-state index in [1.807, 2.05) is 51.1 Å². The van der Waals surface area contributed by atoms with Gasteiger partial charge in [0.1, 0.15) is 4.90 Å². The van der Waals surface area contributed by atoms with Crippen LogP contribution < -0.4 is 5.32 Å². The Hall–Kier alpha value is -1.89. The molecular weight excluding hydrogens is 396 g/mol. The molecule has 1 atom stereocenters. The van der Waals surface area contributed by atoms with Crippen LogP contribution in [0.1, 0.15) is 55.6 Å². The van der Waals surface area contributed by atoms with E-state index >= 15 is 0 Å². The van der Waals surface area contributed by atoms with Crippen LogP contribution >= 0.6 is 11.6 Å². The summed E-state index contributed by atoms with van der Waals surface area (Å²) in [7, 11) is -3.77. The van der Waals surface area contributed by atoms with Crippen LogP contribution in [0.15, 0.2) is 53.4 Å². The number of hydrogen-bond donors (Lipinski definition) is 1. The van der Waals surface area contributed by atoms with Gasteiger partial charge in [0.2, 0.25) is 10.0 Å². The van der Waals surface area contributed by atoms with Gasteiger partial charge in [-0.3, -0.25) is 4.79 Å². The minimum absolute atomic E-state index is 0.0314. The van der Waals surface area contributed by atoms with Crippen LogP contribution in [0, 0.1) is 0 Å². The molecule has 0 aliphatic heterocycles. The third kappa shape index (κ3) is 5.34. The summed E-state index contributed by atoms with van der Waals surface area (Å²) in [5.41, 5.74) is 1.23. The molecule has 2 aromatic carbocycles. The van der Waals surface area contributed by atoms with Crippen molar-refractivity contribution < 1.29 is 13.2 Å². The van der Waals surface area contributed by atoms with Crippen LogP contribution in [0.5, 0.6) is 0 Å². The van der Waals surface area contributed by atoms with E-state index in [0.717, 1.165) is 5.56 Å². The van der Waals surface area contributed by atoms with E-state index in [0.29, 0.717) is 25.9 Å². The molecule has 0 spiro atoms. The number of sulfonamides is 1. The number of nitrogens with one attached hydrogen (secondary N) is 1. The largest absolute Gasteiger partial charge is 0.346 e. The highest BCUT2D eigenvalue weighted by atomic mass is 35.5. The lowest BCUT2D eigenvalue weighted by Crippen LogP contribution is -2.33. The highest BCUT2D eigenvalue weighted by molar-refractivity contribution is 7.89. The molecule has 0 radical (unpaired) electrons. The molecule has 0 unspecified atom stereocenters. The zero-order chi connectivity index (χ0) is 20.7. The third-order valence-electron chi connectivity index (χ3n) is 4.40. The Labute approximate surface area is 172 Å². The van der Waals surface area contributed by atoms with Crippen LogP contribution in [0.25, 0.3) is 0 Å². The van der Waals surface area contributed by atoms with Crippen molar-refractivity contribution in [3.05, 3.63) is 64.7 Å². The van der Waals surface area contributed by atoms with Crippen LogP contribution in [-0.2, 0) is 10.0 Å². The molecule has 0 aliphatic rings. The number of carbonyl (C=O) groups excluding carboxylic acids is 1. The lowest BCUT2D eigenvalue weighted by Gasteiger charge is -2.22. The summed E-state index contributed by atoms with van der Waals surface area (Å²) in [5.74, 6) is -0.345. The molecule has 1 N–H and O–H groups in total. The molecule has 0 aliphatic carbocycles. The van der Waals surface area contributed by atoms with Gasteiger partial charge in [-0.15, -0.1) is 0 Å². The fourth-order valence-electron chi connectivity index (χ4n) is 2.94. The van der Waals surface area contributed by atoms with Crippen molar-refractivity contribution in [3.63, 3.8) is 0 Å². The first-order chi connectivity index (χ1) is 13.3. The molecule has 0 heterocycles. The van der Waals surface area contributed by atoms with Crippen molar-refractivity contribution >= 4 is 27.5 Å². The predicted molar refractivity (Wildman–Crippen MR) is 113 cm³/mol. The van der Waals surface area contributed by atoms with E-state index < -0.39 is 10.0 Å². The van der Waals surface area contributed by atoms with Gasteiger partial charge in [0, 0.05) is 18.7 Å². The van der Waals surface area contributed by atoms with Crippen molar-refractivity contribution in [2.75, 3.05) is 13.1 Å². The number of benzene rings is 2. The van der Waals surface area contributed by atoms with Crippen molar-refractivity contribution in [1.29, 1.82) is 0 Å². The fourth-order valence-corrected chi connectivity index (χ4v) is 5.06. The van der Waals surface area contributed by atoms with Crippen LogP contribution in [-0.4, -0.2) is 31.7 Å². The van der Waals surface area contributed by atoms with E-state index in [2.05, 4.69) is 5.32 Å². The molecule has 28 heavy (non-hydrogen) atoms. The summed E-state index contributed by atoms with van der Waals surface area (Å²) >= 11 is 6.19. The molecule has 152 valence electrons. The average molecular weight is 423 g/mol. The van der Waals surface area contributed by atoms with Gasteiger partial charge in [-0.1, -0.05) is 55.8 Å². The van der Waals surface area contributed by atoms with Gasteiger partial charge in [-0.05, 0) is 43.5 Å². The number of halogens is 1. The highest BCUT2D eigenvalue weighted by Gasteiger charge is 2.27. The number of carbonyl (C=O) groups is 1. The lowest BCUT2D eigenvalue weighted by atomic mass is 10.1. The van der Waals surface area contributed by atoms with Gasteiger partial charge in [0.05, 0.1) is 11.1 Å². The van der Waals surface area contributed by atoms with Gasteiger partial charge >= 0.3 is 0 Å². The monoisotopic (exact) mass is 422 g/mol. The molecule has 1 amide bonds. The topological polar surface area (TPSA) is 66.5 Å². The average Bonchev–Trinajstić information content (AvgIpc) is 2.68. The van der Waals surface area contributed by atoms with Gasteiger partial charge < -0.3 is 5.32 Å². The summed E-state index contributed by atoms with van der Waals surface area (Å²) in [6, 6.07) is 13.7. The summed E-state index contributed by atoms with van der Waals surface area (Å²) in [6.45, 7) is 6.55. The summed E-state index contributed by atoms with van der Waals surface area (Å²) in [4.78, 5) is 12.6. The van der Waals surface area contributed by atoms with E-state index in [4.69, 9.17) is 11.6 Å². The molecule has 0 aromatic heterocycles. The zero-order valence-electron chi connectivity index (χ0n) is 16.5. The van der Waals surface area contributed by atoms with Crippen molar-refractivity contribution in [3.8, 4) is 0 Å². The van der Waals surface area contributed by atoms with Crippen LogP contribution in [0.2, 0.25) is 5.02 Å². The van der Waals surface area contributed by atoms with E-state index in [1.165, 1.54) is 16.4 Å². The first-order valence-electron chi connectivity index (χ1n) is 9.46. The summed E-state index contributed by atoms with van der Waals surface area (Å²) in [6.07, 6.45) is 1.40. The lowest BCUT2D eigenvalue weighted by molar-refractivity contribution is 0.0939. The second-order valence-electron chi connectivity index (χ2n) is 6.66. The molecule has 0 bridgehead atoms. The standard InChI is InChI=1S/C21H27ClN2O3S/c1-4-13-24(14-5-2)28(26,27)20-15-18(11-12-19(20)22)21(25)23-16(3)17-9-7-6-8-10-17/h6-12,15-16H,4-5,13-14H2,1-3H3,(H,23,25)/t16-/m0/s1. The molecule has 2 rings (SSSR count). The van der Waals surface area contributed by atoms with Gasteiger partial charge in [0.25, 0.3) is 5.91 Å². The number of rotatable bonds is 9. The summed E-state index contributed by atoms with van der Waals surface area (Å²) < 4.78 is 27.5. The molecular formula is C21H27ClN2O3S. The Morgan fingerprint density at radius 2 is 1.68 bits per heavy atom. The Balaban J connectivity index is 2.30. The van der Waals surface area contributed by atoms with Gasteiger partial charge in [0.15, 0.2) is 0 Å². The highest BCUT2D eigenvalue weighted by Crippen LogP contribution is 2.26. The predicted octanol–water partition coefficient (Wildman–Crippen LogP) is 4.64. The smallest absolute Gasteiger partial charge is 0.251 e. The van der Waals surface area contributed by atoms with E-state index in [1.54, 1.807) is 6.07 Å². The number of hydrogen-bond acceptors (Lipinski definition) is 3. The van der Waals surface area contributed by atoms with Crippen LogP contribution in [0.3, 0.4) is 0 Å². The maximum absolute atomic E-state index is 13.1. The van der Waals surface area contributed by atoms with Crippen LogP contribution in [0.4, 0.5) is 0 Å². The first kappa shape index (κ1) is 22.4. The Bertz CT molecular complexity index is 895. The Morgan fingerprint density at radius 1 is 1.07 bits per heavy atom. The molecule has 7 heteroatoms. The van der Waals surface area contributed by atoms with E-state index in [9.17, 15) is 13.2 Å². The maximum Gasteiger partial charge on any atom is 0.251 e. The van der Waals surface area contributed by atoms with Crippen molar-refractivity contribution in [2.45, 2.75) is 44.6 Å². The Morgan fingerprint density at radius 3 is 2.25 bits per heavy atom. The third-order valence-corrected chi connectivity index (χ3v) is 6.78.